The molecule has 9 aromatic carbocycles. The molecule has 1 aliphatic heterocycles. The molecular formula is C57H38N4. The molecule has 0 radical (unpaired) electrons. The Balaban J connectivity index is 1.12. The van der Waals surface area contributed by atoms with Crippen molar-refractivity contribution in [3.63, 3.8) is 0 Å². The van der Waals surface area contributed by atoms with E-state index >= 15 is 0 Å². The van der Waals surface area contributed by atoms with Crippen LogP contribution in [0.15, 0.2) is 194 Å². The summed E-state index contributed by atoms with van der Waals surface area (Å²) >= 11 is 0. The van der Waals surface area contributed by atoms with Gasteiger partial charge in [-0.2, -0.15) is 0 Å². The fourth-order valence-electron chi connectivity index (χ4n) is 10.9. The largest absolute Gasteiger partial charge is 0.309 e. The van der Waals surface area contributed by atoms with E-state index in [2.05, 4.69) is 213 Å². The lowest BCUT2D eigenvalue weighted by Crippen LogP contribution is -2.44. The highest BCUT2D eigenvalue weighted by Crippen LogP contribution is 2.60. The summed E-state index contributed by atoms with van der Waals surface area (Å²) < 4.78 is 2.50. The third kappa shape index (κ3) is 4.67. The summed E-state index contributed by atoms with van der Waals surface area (Å²) in [5, 5.41) is 7.18. The maximum Gasteiger partial charge on any atom is 0.164 e. The van der Waals surface area contributed by atoms with Crippen LogP contribution in [0.2, 0.25) is 0 Å². The van der Waals surface area contributed by atoms with Crippen LogP contribution in [0.25, 0.3) is 83.2 Å². The molecule has 1 spiro atoms. The number of nitrogens with zero attached hydrogens (tertiary/aromatic N) is 4. The van der Waals surface area contributed by atoms with Crippen molar-refractivity contribution in [2.75, 3.05) is 0 Å². The number of hydrogen-bond donors (Lipinski definition) is 0. The van der Waals surface area contributed by atoms with Crippen LogP contribution in [0.5, 0.6) is 0 Å². The highest BCUT2D eigenvalue weighted by atomic mass is 15.0. The number of rotatable bonds is 3. The zero-order chi connectivity index (χ0) is 40.5. The fraction of sp³-hybridized carbons (Fsp3) is 0.0702. The minimum Gasteiger partial charge on any atom is -0.309 e. The maximum absolute atomic E-state index is 5.35. The molecule has 286 valence electrons. The number of benzene rings is 9. The van der Waals surface area contributed by atoms with E-state index in [1.807, 2.05) is 0 Å². The van der Waals surface area contributed by atoms with E-state index in [0.29, 0.717) is 17.5 Å². The molecule has 4 heteroatoms. The minimum absolute atomic E-state index is 0.283. The summed E-state index contributed by atoms with van der Waals surface area (Å²) in [6, 6.07) is 70.8. The van der Waals surface area contributed by atoms with Crippen molar-refractivity contribution in [2.45, 2.75) is 24.7 Å². The molecule has 0 fully saturated rings. The summed E-state index contributed by atoms with van der Waals surface area (Å²) in [6.07, 6.45) is 0. The van der Waals surface area contributed by atoms with Gasteiger partial charge in [-0.3, -0.25) is 0 Å². The van der Waals surface area contributed by atoms with Gasteiger partial charge in [0.15, 0.2) is 17.5 Å². The van der Waals surface area contributed by atoms with E-state index in [-0.39, 0.29) is 5.41 Å². The van der Waals surface area contributed by atoms with Crippen LogP contribution in [0, 0.1) is 0 Å². The lowest BCUT2D eigenvalue weighted by molar-refractivity contribution is 0.556. The Morgan fingerprint density at radius 1 is 0.361 bits per heavy atom. The zero-order valence-electron chi connectivity index (χ0n) is 33.8. The Morgan fingerprint density at radius 2 is 0.852 bits per heavy atom. The van der Waals surface area contributed by atoms with Crippen LogP contribution >= 0.6 is 0 Å². The van der Waals surface area contributed by atoms with Gasteiger partial charge in [0.05, 0.1) is 22.1 Å². The average Bonchev–Trinajstić information content (AvgIpc) is 3.66. The summed E-state index contributed by atoms with van der Waals surface area (Å²) in [7, 11) is 0. The molecule has 2 aromatic heterocycles. The van der Waals surface area contributed by atoms with E-state index < -0.39 is 5.41 Å². The molecule has 0 saturated heterocycles. The predicted molar refractivity (Wildman–Crippen MR) is 249 cm³/mol. The molecule has 1 aliphatic carbocycles. The van der Waals surface area contributed by atoms with Crippen molar-refractivity contribution in [3.05, 3.63) is 228 Å². The summed E-state index contributed by atoms with van der Waals surface area (Å²) in [4.78, 5) is 15.9. The molecule has 61 heavy (non-hydrogen) atoms. The van der Waals surface area contributed by atoms with Crippen LogP contribution in [0.4, 0.5) is 0 Å². The highest BCUT2D eigenvalue weighted by Gasteiger charge is 2.52. The van der Waals surface area contributed by atoms with Crippen LogP contribution in [0.1, 0.15) is 47.2 Å². The van der Waals surface area contributed by atoms with Gasteiger partial charge in [-0.25, -0.2) is 15.0 Å². The Bertz CT molecular complexity index is 3550. The second-order valence-corrected chi connectivity index (χ2v) is 17.2. The minimum atomic E-state index is -0.632. The second-order valence-electron chi connectivity index (χ2n) is 17.2. The molecule has 0 bridgehead atoms. The molecule has 0 saturated carbocycles. The van der Waals surface area contributed by atoms with Crippen molar-refractivity contribution >= 4 is 43.4 Å². The van der Waals surface area contributed by atoms with E-state index in [1.54, 1.807) is 0 Å². The van der Waals surface area contributed by atoms with E-state index in [9.17, 15) is 0 Å². The first-order chi connectivity index (χ1) is 30.0. The van der Waals surface area contributed by atoms with Gasteiger partial charge in [0.1, 0.15) is 0 Å². The number of para-hydroxylation sites is 3. The Morgan fingerprint density at radius 3 is 1.54 bits per heavy atom. The first-order valence-electron chi connectivity index (χ1n) is 21.1. The lowest BCUT2D eigenvalue weighted by atomic mass is 9.53. The van der Waals surface area contributed by atoms with Gasteiger partial charge < -0.3 is 4.57 Å². The molecule has 2 aliphatic rings. The molecule has 1 unspecified atom stereocenters. The van der Waals surface area contributed by atoms with Crippen LogP contribution in [0.3, 0.4) is 0 Å². The van der Waals surface area contributed by atoms with Crippen LogP contribution in [-0.4, -0.2) is 19.5 Å². The van der Waals surface area contributed by atoms with Crippen LogP contribution < -0.4 is 0 Å². The molecular weight excluding hydrogens is 741 g/mol. The standard InChI is InChI=1S/C57H38N4/c1-56(2)44-20-8-9-21-46(44)57(47-22-10-12-25-51(47)61-50-24-11-7-18-42(50)43-19-13-23-48(57)52(43)61)49-34-41(30-31-45(49)56)55-59-53(39-28-26-35-14-3-5-16-37(35)32-39)58-54(60-55)40-29-27-36-15-4-6-17-38(36)33-40/h3-34H,1-2H3. The monoisotopic (exact) mass is 778 g/mol. The van der Waals surface area contributed by atoms with Gasteiger partial charge in [-0.1, -0.05) is 178 Å². The lowest BCUT2D eigenvalue weighted by Gasteiger charge is -2.50. The summed E-state index contributed by atoms with van der Waals surface area (Å²) in [5.74, 6) is 1.94. The first kappa shape index (κ1) is 34.2. The van der Waals surface area contributed by atoms with Crippen molar-refractivity contribution in [2.24, 2.45) is 0 Å². The smallest absolute Gasteiger partial charge is 0.164 e. The van der Waals surface area contributed by atoms with Crippen molar-refractivity contribution in [1.29, 1.82) is 0 Å². The number of aromatic nitrogens is 4. The molecule has 0 N–H and O–H groups in total. The Kier molecular flexibility index (Phi) is 6.96. The molecule has 13 rings (SSSR count). The maximum atomic E-state index is 5.35. The van der Waals surface area contributed by atoms with Crippen molar-refractivity contribution in [3.8, 4) is 39.9 Å². The normalized spacial score (nSPS) is 15.9. The SMILES string of the molecule is CC1(C)c2ccccc2C2(c3ccccc3-n3c4ccccc4c4cccc2c43)c2cc(-c3nc(-c4ccc5ccccc5c4)nc(-c4ccc5ccccc5c4)n3)ccc21. The number of hydrogen-bond acceptors (Lipinski definition) is 3. The first-order valence-corrected chi connectivity index (χ1v) is 21.1. The van der Waals surface area contributed by atoms with Gasteiger partial charge in [-0.15, -0.1) is 0 Å². The van der Waals surface area contributed by atoms with E-state index in [0.717, 1.165) is 27.5 Å². The second kappa shape index (κ2) is 12.4. The number of fused-ring (bicyclic) bond motifs is 13. The molecule has 0 amide bonds. The predicted octanol–water partition coefficient (Wildman–Crippen LogP) is 13.6. The zero-order valence-corrected chi connectivity index (χ0v) is 33.8. The summed E-state index contributed by atoms with van der Waals surface area (Å²) in [6.45, 7) is 4.75. The van der Waals surface area contributed by atoms with E-state index in [4.69, 9.17) is 15.0 Å². The van der Waals surface area contributed by atoms with E-state index in [1.165, 1.54) is 71.6 Å². The van der Waals surface area contributed by atoms with Crippen molar-refractivity contribution < 1.29 is 0 Å². The molecule has 4 nitrogen and oxygen atoms in total. The topological polar surface area (TPSA) is 43.6 Å². The average molecular weight is 779 g/mol. The van der Waals surface area contributed by atoms with Crippen LogP contribution in [-0.2, 0) is 10.8 Å². The van der Waals surface area contributed by atoms with Gasteiger partial charge in [0.2, 0.25) is 0 Å². The van der Waals surface area contributed by atoms with Gasteiger partial charge in [-0.05, 0) is 85.3 Å². The van der Waals surface area contributed by atoms with Crippen molar-refractivity contribution in [1.82, 2.24) is 19.5 Å². The molecule has 11 aromatic rings. The van der Waals surface area contributed by atoms with Gasteiger partial charge in [0.25, 0.3) is 0 Å². The molecule has 3 heterocycles. The summed E-state index contributed by atoms with van der Waals surface area (Å²) in [5.41, 5.74) is 13.4. The Labute approximate surface area is 353 Å². The third-order valence-electron chi connectivity index (χ3n) is 13.7. The Hall–Kier alpha value is -7.69. The third-order valence-corrected chi connectivity index (χ3v) is 13.7. The van der Waals surface area contributed by atoms with Gasteiger partial charge in [0, 0.05) is 32.9 Å². The fourth-order valence-corrected chi connectivity index (χ4v) is 10.9. The highest BCUT2D eigenvalue weighted by molar-refractivity contribution is 6.12. The molecule has 1 atom stereocenters. The van der Waals surface area contributed by atoms with Gasteiger partial charge >= 0.3 is 0 Å². The quantitative estimate of drug-likeness (QED) is 0.179.